The molecule has 3 heterocycles. The van der Waals surface area contributed by atoms with E-state index >= 15 is 0 Å². The van der Waals surface area contributed by atoms with Crippen molar-refractivity contribution in [3.05, 3.63) is 65.3 Å². The predicted molar refractivity (Wildman–Crippen MR) is 125 cm³/mol. The topological polar surface area (TPSA) is 99.1 Å². The number of hydrogen-bond acceptors (Lipinski definition) is 7. The second-order valence-corrected chi connectivity index (χ2v) is 9.22. The van der Waals surface area contributed by atoms with Crippen LogP contribution in [-0.2, 0) is 6.54 Å². The van der Waals surface area contributed by atoms with Crippen molar-refractivity contribution >= 4 is 23.3 Å². The van der Waals surface area contributed by atoms with Gasteiger partial charge >= 0.3 is 0 Å². The summed E-state index contributed by atoms with van der Waals surface area (Å²) >= 11 is 1.31. The molecule has 2 aromatic heterocycles. The Morgan fingerprint density at radius 1 is 1.30 bits per heavy atom. The molecule has 0 radical (unpaired) electrons. The Morgan fingerprint density at radius 2 is 2.03 bits per heavy atom. The van der Waals surface area contributed by atoms with Gasteiger partial charge in [-0.25, -0.2) is 0 Å². The molecule has 0 saturated carbocycles. The summed E-state index contributed by atoms with van der Waals surface area (Å²) in [7, 11) is 0. The smallest absolute Gasteiger partial charge is 0.192 e. The zero-order chi connectivity index (χ0) is 23.7. The fourth-order valence-electron chi connectivity index (χ4n) is 4.01. The Labute approximate surface area is 196 Å². The quantitative estimate of drug-likeness (QED) is 0.297. The average Bonchev–Trinajstić information content (AvgIpc) is 3.32. The molecule has 0 amide bonds. The largest absolute Gasteiger partial charge is 0.485 e. The minimum atomic E-state index is -0.452. The van der Waals surface area contributed by atoms with Crippen LogP contribution in [0, 0.1) is 13.8 Å². The van der Waals surface area contributed by atoms with Crippen LogP contribution in [-0.4, -0.2) is 43.2 Å². The van der Waals surface area contributed by atoms with Crippen molar-refractivity contribution in [2.45, 2.75) is 50.8 Å². The summed E-state index contributed by atoms with van der Waals surface area (Å²) in [6.07, 6.45) is 1.32. The number of ketones is 2. The van der Waals surface area contributed by atoms with Crippen LogP contribution in [0.2, 0.25) is 0 Å². The van der Waals surface area contributed by atoms with Gasteiger partial charge in [0.15, 0.2) is 40.2 Å². The van der Waals surface area contributed by atoms with Crippen LogP contribution in [0.1, 0.15) is 57.9 Å². The Bertz CT molecular complexity index is 1230. The minimum Gasteiger partial charge on any atom is -0.485 e. The van der Waals surface area contributed by atoms with Gasteiger partial charge in [0, 0.05) is 17.8 Å². The number of hydrogen-bond donors (Lipinski definition) is 1. The third-order valence-corrected chi connectivity index (χ3v) is 6.62. The normalized spacial score (nSPS) is 15.8. The van der Waals surface area contributed by atoms with Crippen molar-refractivity contribution in [2.75, 3.05) is 6.61 Å². The van der Waals surface area contributed by atoms with Gasteiger partial charge in [0.25, 0.3) is 0 Å². The molecule has 1 N–H and O–H groups in total. The molecule has 8 nitrogen and oxygen atoms in total. The highest BCUT2D eigenvalue weighted by atomic mass is 32.2. The van der Waals surface area contributed by atoms with Crippen molar-refractivity contribution in [1.82, 2.24) is 19.7 Å². The lowest BCUT2D eigenvalue weighted by atomic mass is 10.0. The molecule has 9 heteroatoms. The standard InChI is InChI=1S/C24H26N4O4S/c1-6-11-28-23(19-12-31-17-9-7-8-10-18(17)32-19)26-27-24(28)33-16(5)22(30)21-13(2)20(15(4)29)14(3)25-21/h6-10,16,19,25H,1,11-12H2,2-5H3. The van der Waals surface area contributed by atoms with E-state index in [9.17, 15) is 9.59 Å². The van der Waals surface area contributed by atoms with Gasteiger partial charge in [0.1, 0.15) is 6.61 Å². The second-order valence-electron chi connectivity index (χ2n) is 7.91. The van der Waals surface area contributed by atoms with Gasteiger partial charge in [0.05, 0.1) is 10.9 Å². The third-order valence-electron chi connectivity index (χ3n) is 5.54. The maximum atomic E-state index is 13.2. The van der Waals surface area contributed by atoms with E-state index in [0.29, 0.717) is 58.1 Å². The van der Waals surface area contributed by atoms with Gasteiger partial charge in [-0.1, -0.05) is 30.0 Å². The lowest BCUT2D eigenvalue weighted by Gasteiger charge is -2.26. The van der Waals surface area contributed by atoms with E-state index in [1.807, 2.05) is 35.8 Å². The maximum absolute atomic E-state index is 13.2. The first-order chi connectivity index (χ1) is 15.8. The Morgan fingerprint density at radius 3 is 2.70 bits per heavy atom. The van der Waals surface area contributed by atoms with Gasteiger partial charge in [-0.2, -0.15) is 0 Å². The van der Waals surface area contributed by atoms with Gasteiger partial charge in [-0.3, -0.25) is 14.2 Å². The summed E-state index contributed by atoms with van der Waals surface area (Å²) < 4.78 is 13.8. The van der Waals surface area contributed by atoms with Crippen LogP contribution in [0.3, 0.4) is 0 Å². The molecule has 1 aliphatic rings. The summed E-state index contributed by atoms with van der Waals surface area (Å²) in [6, 6.07) is 7.48. The van der Waals surface area contributed by atoms with E-state index in [0.717, 1.165) is 0 Å². The number of Topliss-reactive ketones (excluding diaryl/α,β-unsaturated/α-hetero) is 2. The van der Waals surface area contributed by atoms with Gasteiger partial charge in [-0.05, 0) is 45.4 Å². The SMILES string of the molecule is C=CCn1c(SC(C)C(=O)c2[nH]c(C)c(C(C)=O)c2C)nnc1C1COc2ccccc2O1. The molecule has 172 valence electrons. The number of ether oxygens (including phenoxy) is 2. The number of carbonyl (C=O) groups is 2. The molecule has 0 spiro atoms. The number of carbonyl (C=O) groups excluding carboxylic acids is 2. The monoisotopic (exact) mass is 466 g/mol. The summed E-state index contributed by atoms with van der Waals surface area (Å²) in [4.78, 5) is 28.2. The van der Waals surface area contributed by atoms with Gasteiger partial charge in [-0.15, -0.1) is 16.8 Å². The van der Waals surface area contributed by atoms with Crippen LogP contribution in [0.15, 0.2) is 42.1 Å². The number of nitrogens with zero attached hydrogens (tertiary/aromatic N) is 3. The molecule has 1 aliphatic heterocycles. The van der Waals surface area contributed by atoms with Crippen LogP contribution >= 0.6 is 11.8 Å². The minimum absolute atomic E-state index is 0.0627. The highest BCUT2D eigenvalue weighted by Crippen LogP contribution is 2.36. The van der Waals surface area contributed by atoms with E-state index in [2.05, 4.69) is 21.8 Å². The van der Waals surface area contributed by atoms with E-state index in [1.165, 1.54) is 18.7 Å². The molecule has 2 atom stereocenters. The Balaban J connectivity index is 1.57. The molecule has 0 bridgehead atoms. The van der Waals surface area contributed by atoms with Crippen LogP contribution in [0.25, 0.3) is 0 Å². The van der Waals surface area contributed by atoms with Crippen molar-refractivity contribution < 1.29 is 19.1 Å². The first-order valence-corrected chi connectivity index (χ1v) is 11.5. The van der Waals surface area contributed by atoms with Crippen molar-refractivity contribution in [1.29, 1.82) is 0 Å². The third kappa shape index (κ3) is 4.32. The molecule has 1 aromatic carbocycles. The Hall–Kier alpha value is -3.33. The van der Waals surface area contributed by atoms with E-state index in [1.54, 1.807) is 19.9 Å². The number of rotatable bonds is 8. The molecular weight excluding hydrogens is 440 g/mol. The second kappa shape index (κ2) is 9.27. The number of benzene rings is 1. The first kappa shape index (κ1) is 22.8. The molecule has 0 saturated heterocycles. The number of H-pyrrole nitrogens is 1. The number of nitrogens with one attached hydrogen (secondary N) is 1. The Kier molecular flexibility index (Phi) is 6.42. The van der Waals surface area contributed by atoms with Crippen LogP contribution in [0.5, 0.6) is 11.5 Å². The summed E-state index contributed by atoms with van der Waals surface area (Å²) in [5.74, 6) is 1.79. The fourth-order valence-corrected chi connectivity index (χ4v) is 4.94. The zero-order valence-electron chi connectivity index (χ0n) is 19.0. The van der Waals surface area contributed by atoms with Crippen molar-refractivity contribution in [3.8, 4) is 11.5 Å². The molecule has 2 unspecified atom stereocenters. The number of aromatic nitrogens is 4. The highest BCUT2D eigenvalue weighted by Gasteiger charge is 2.30. The number of aryl methyl sites for hydroxylation is 1. The van der Waals surface area contributed by atoms with E-state index in [-0.39, 0.29) is 11.6 Å². The lowest BCUT2D eigenvalue weighted by Crippen LogP contribution is -2.25. The van der Waals surface area contributed by atoms with E-state index in [4.69, 9.17) is 9.47 Å². The number of para-hydroxylation sites is 2. The van der Waals surface area contributed by atoms with Crippen molar-refractivity contribution in [3.63, 3.8) is 0 Å². The first-order valence-electron chi connectivity index (χ1n) is 10.6. The van der Waals surface area contributed by atoms with Crippen LogP contribution < -0.4 is 9.47 Å². The highest BCUT2D eigenvalue weighted by molar-refractivity contribution is 8.00. The van der Waals surface area contributed by atoms with Gasteiger partial charge in [0.2, 0.25) is 0 Å². The fraction of sp³-hybridized carbons (Fsp3) is 0.333. The van der Waals surface area contributed by atoms with Crippen molar-refractivity contribution in [2.24, 2.45) is 0 Å². The average molecular weight is 467 g/mol. The summed E-state index contributed by atoms with van der Waals surface area (Å²) in [5.41, 5.74) is 2.40. The number of fused-ring (bicyclic) bond motifs is 1. The number of allylic oxidation sites excluding steroid dienone is 1. The maximum Gasteiger partial charge on any atom is 0.192 e. The lowest BCUT2D eigenvalue weighted by molar-refractivity contribution is 0.0821. The summed E-state index contributed by atoms with van der Waals surface area (Å²) in [5, 5.41) is 8.81. The zero-order valence-corrected chi connectivity index (χ0v) is 19.9. The molecule has 0 fully saturated rings. The molecule has 0 aliphatic carbocycles. The van der Waals surface area contributed by atoms with Gasteiger partial charge < -0.3 is 14.5 Å². The number of aromatic amines is 1. The summed E-state index contributed by atoms with van der Waals surface area (Å²) in [6.45, 7) is 11.5. The predicted octanol–water partition coefficient (Wildman–Crippen LogP) is 4.49. The molecule has 33 heavy (non-hydrogen) atoms. The molecule has 3 aromatic rings. The number of thioether (sulfide) groups is 1. The van der Waals surface area contributed by atoms with Crippen LogP contribution in [0.4, 0.5) is 0 Å². The molecule has 4 rings (SSSR count). The van der Waals surface area contributed by atoms with E-state index < -0.39 is 11.4 Å². The molecular formula is C24H26N4O4S.